The summed E-state index contributed by atoms with van der Waals surface area (Å²) >= 11 is 7.84. The molecule has 0 spiro atoms. The number of halogens is 1. The highest BCUT2D eigenvalue weighted by Gasteiger charge is 2.21. The minimum absolute atomic E-state index is 0.331. The normalized spacial score (nSPS) is 14.1. The average Bonchev–Trinajstić information content (AvgIpc) is 2.44. The second-order valence-corrected chi connectivity index (χ2v) is 7.17. The van der Waals surface area contributed by atoms with E-state index in [-0.39, 0.29) is 0 Å². The largest absolute Gasteiger partial charge is 0.310 e. The lowest BCUT2D eigenvalue weighted by atomic mass is 9.87. The smallest absolute Gasteiger partial charge is 0.0960 e. The van der Waals surface area contributed by atoms with E-state index in [1.54, 1.807) is 11.3 Å². The Morgan fingerprint density at radius 1 is 1.44 bits per heavy atom. The lowest BCUT2D eigenvalue weighted by molar-refractivity contribution is 0.316. The summed E-state index contributed by atoms with van der Waals surface area (Å²) in [5, 5.41) is 3.55. The SMILES string of the molecule is CCNC(CC(C)(C)C)c1cc(C)c(Cl)s1. The van der Waals surface area contributed by atoms with Crippen molar-refractivity contribution in [3.05, 3.63) is 20.8 Å². The summed E-state index contributed by atoms with van der Waals surface area (Å²) in [5.74, 6) is 0. The van der Waals surface area contributed by atoms with Gasteiger partial charge in [-0.1, -0.05) is 39.3 Å². The highest BCUT2D eigenvalue weighted by Crippen LogP contribution is 2.36. The van der Waals surface area contributed by atoms with Crippen molar-refractivity contribution in [2.75, 3.05) is 6.54 Å². The van der Waals surface area contributed by atoms with E-state index >= 15 is 0 Å². The maximum Gasteiger partial charge on any atom is 0.0960 e. The Bertz CT molecular complexity index is 319. The first-order valence-corrected chi connectivity index (χ1v) is 7.02. The second kappa shape index (κ2) is 5.52. The third kappa shape index (κ3) is 4.08. The van der Waals surface area contributed by atoms with Crippen LogP contribution in [0.3, 0.4) is 0 Å². The molecule has 1 nitrogen and oxygen atoms in total. The lowest BCUT2D eigenvalue weighted by Gasteiger charge is -2.25. The molecule has 92 valence electrons. The van der Waals surface area contributed by atoms with E-state index in [0.717, 1.165) is 17.3 Å². The summed E-state index contributed by atoms with van der Waals surface area (Å²) in [5.41, 5.74) is 1.52. The molecule has 0 radical (unpaired) electrons. The van der Waals surface area contributed by atoms with Crippen LogP contribution in [0.2, 0.25) is 4.34 Å². The minimum Gasteiger partial charge on any atom is -0.310 e. The Morgan fingerprint density at radius 3 is 2.44 bits per heavy atom. The molecule has 0 aliphatic heterocycles. The van der Waals surface area contributed by atoms with Crippen LogP contribution in [-0.2, 0) is 0 Å². The van der Waals surface area contributed by atoms with E-state index in [9.17, 15) is 0 Å². The van der Waals surface area contributed by atoms with Crippen molar-refractivity contribution in [1.29, 1.82) is 0 Å². The van der Waals surface area contributed by atoms with Crippen LogP contribution in [0.1, 0.15) is 50.6 Å². The van der Waals surface area contributed by atoms with Gasteiger partial charge in [0.05, 0.1) is 4.34 Å². The summed E-state index contributed by atoms with van der Waals surface area (Å²) in [6, 6.07) is 2.65. The Hall–Kier alpha value is -0.0500. The molecule has 0 fully saturated rings. The number of rotatable bonds is 4. The molecule has 0 saturated carbocycles. The topological polar surface area (TPSA) is 12.0 Å². The first-order chi connectivity index (χ1) is 7.33. The third-order valence-electron chi connectivity index (χ3n) is 2.49. The van der Waals surface area contributed by atoms with E-state index in [2.05, 4.69) is 46.0 Å². The van der Waals surface area contributed by atoms with Crippen LogP contribution in [0.5, 0.6) is 0 Å². The van der Waals surface area contributed by atoms with Gasteiger partial charge < -0.3 is 5.32 Å². The number of aryl methyl sites for hydroxylation is 1. The van der Waals surface area contributed by atoms with Gasteiger partial charge in [-0.25, -0.2) is 0 Å². The van der Waals surface area contributed by atoms with Gasteiger partial charge in [0.1, 0.15) is 0 Å². The molecule has 0 aliphatic rings. The Balaban J connectivity index is 2.85. The van der Waals surface area contributed by atoms with Crippen molar-refractivity contribution in [2.24, 2.45) is 5.41 Å². The molecule has 0 saturated heterocycles. The summed E-state index contributed by atoms with van der Waals surface area (Å²) in [7, 11) is 0. The fourth-order valence-corrected chi connectivity index (χ4v) is 3.08. The molecule has 0 aromatic carbocycles. The van der Waals surface area contributed by atoms with Crippen molar-refractivity contribution in [3.63, 3.8) is 0 Å². The van der Waals surface area contributed by atoms with E-state index in [1.807, 2.05) is 0 Å². The lowest BCUT2D eigenvalue weighted by Crippen LogP contribution is -2.24. The quantitative estimate of drug-likeness (QED) is 0.819. The molecule has 0 amide bonds. The average molecular weight is 260 g/mol. The standard InChI is InChI=1S/C13H22ClNS/c1-6-15-10(8-13(3,4)5)11-7-9(2)12(14)16-11/h7,10,15H,6,8H2,1-5H3. The zero-order chi connectivity index (χ0) is 12.3. The molecule has 0 aliphatic carbocycles. The molecule has 1 N–H and O–H groups in total. The molecule has 1 unspecified atom stereocenters. The Kier molecular flexibility index (Phi) is 4.84. The summed E-state index contributed by atoms with van der Waals surface area (Å²) < 4.78 is 0.923. The summed E-state index contributed by atoms with van der Waals surface area (Å²) in [6.07, 6.45) is 1.14. The van der Waals surface area contributed by atoms with Crippen molar-refractivity contribution in [3.8, 4) is 0 Å². The van der Waals surface area contributed by atoms with Crippen LogP contribution < -0.4 is 5.32 Å². The molecular weight excluding hydrogens is 238 g/mol. The van der Waals surface area contributed by atoms with Crippen molar-refractivity contribution in [2.45, 2.75) is 47.1 Å². The van der Waals surface area contributed by atoms with Gasteiger partial charge in [0.15, 0.2) is 0 Å². The highest BCUT2D eigenvalue weighted by atomic mass is 35.5. The minimum atomic E-state index is 0.331. The zero-order valence-corrected chi connectivity index (χ0v) is 12.4. The maximum absolute atomic E-state index is 6.14. The number of thiophene rings is 1. The predicted molar refractivity (Wildman–Crippen MR) is 74.6 cm³/mol. The van der Waals surface area contributed by atoms with Crippen LogP contribution in [0.4, 0.5) is 0 Å². The molecule has 1 heterocycles. The first kappa shape index (κ1) is 14.0. The molecule has 1 aromatic heterocycles. The van der Waals surface area contributed by atoms with Gasteiger partial charge in [-0.3, -0.25) is 0 Å². The van der Waals surface area contributed by atoms with Crippen LogP contribution in [0, 0.1) is 12.3 Å². The molecule has 3 heteroatoms. The predicted octanol–water partition coefficient (Wildman–Crippen LogP) is 4.80. The highest BCUT2D eigenvalue weighted by molar-refractivity contribution is 7.16. The molecular formula is C13H22ClNS. The van der Waals surface area contributed by atoms with Crippen LogP contribution >= 0.6 is 22.9 Å². The van der Waals surface area contributed by atoms with E-state index in [0.29, 0.717) is 11.5 Å². The Morgan fingerprint density at radius 2 is 2.06 bits per heavy atom. The van der Waals surface area contributed by atoms with Gasteiger partial charge in [0.25, 0.3) is 0 Å². The van der Waals surface area contributed by atoms with Gasteiger partial charge in [0, 0.05) is 10.9 Å². The Labute approximate surface area is 108 Å². The molecule has 1 rings (SSSR count). The van der Waals surface area contributed by atoms with Crippen molar-refractivity contribution < 1.29 is 0 Å². The zero-order valence-electron chi connectivity index (χ0n) is 10.9. The number of nitrogens with one attached hydrogen (secondary N) is 1. The van der Waals surface area contributed by atoms with Crippen LogP contribution in [0.25, 0.3) is 0 Å². The van der Waals surface area contributed by atoms with Crippen LogP contribution in [0.15, 0.2) is 6.07 Å². The van der Waals surface area contributed by atoms with Gasteiger partial charge in [0.2, 0.25) is 0 Å². The van der Waals surface area contributed by atoms with E-state index in [1.165, 1.54) is 10.4 Å². The summed E-state index contributed by atoms with van der Waals surface area (Å²) in [6.45, 7) is 12.0. The van der Waals surface area contributed by atoms with Gasteiger partial charge in [-0.05, 0) is 36.9 Å². The molecule has 16 heavy (non-hydrogen) atoms. The van der Waals surface area contributed by atoms with Crippen molar-refractivity contribution in [1.82, 2.24) is 5.32 Å². The van der Waals surface area contributed by atoms with E-state index < -0.39 is 0 Å². The van der Waals surface area contributed by atoms with Crippen molar-refractivity contribution >= 4 is 22.9 Å². The molecule has 1 atom stereocenters. The number of hydrogen-bond acceptors (Lipinski definition) is 2. The molecule has 0 bridgehead atoms. The second-order valence-electron chi connectivity index (χ2n) is 5.48. The maximum atomic E-state index is 6.14. The van der Waals surface area contributed by atoms with Gasteiger partial charge in [-0.2, -0.15) is 0 Å². The fourth-order valence-electron chi connectivity index (χ4n) is 1.79. The first-order valence-electron chi connectivity index (χ1n) is 5.82. The fraction of sp³-hybridized carbons (Fsp3) is 0.692. The third-order valence-corrected chi connectivity index (χ3v) is 4.16. The molecule has 1 aromatic rings. The van der Waals surface area contributed by atoms with Gasteiger partial charge >= 0.3 is 0 Å². The van der Waals surface area contributed by atoms with E-state index in [4.69, 9.17) is 11.6 Å². The monoisotopic (exact) mass is 259 g/mol. The van der Waals surface area contributed by atoms with Crippen LogP contribution in [-0.4, -0.2) is 6.54 Å². The van der Waals surface area contributed by atoms with Gasteiger partial charge in [-0.15, -0.1) is 11.3 Å². The number of hydrogen-bond donors (Lipinski definition) is 1. The summed E-state index contributed by atoms with van der Waals surface area (Å²) in [4.78, 5) is 1.36.